The maximum absolute atomic E-state index is 13.4. The number of halogens is 3. The number of carboxylic acid groups (broad SMARTS) is 3. The lowest BCUT2D eigenvalue weighted by atomic mass is 10.0. The Bertz CT molecular complexity index is 1740. The third-order valence-corrected chi connectivity index (χ3v) is 6.93. The van der Waals surface area contributed by atoms with Crippen molar-refractivity contribution in [3.63, 3.8) is 0 Å². The number of amides is 5. The second-order valence-electron chi connectivity index (χ2n) is 11.4. The molecule has 0 unspecified atom stereocenters. The van der Waals surface area contributed by atoms with Gasteiger partial charge >= 0.3 is 29.7 Å². The van der Waals surface area contributed by atoms with Crippen molar-refractivity contribution in [1.29, 1.82) is 0 Å². The van der Waals surface area contributed by atoms with Gasteiger partial charge < -0.3 is 46.3 Å². The van der Waals surface area contributed by atoms with Crippen molar-refractivity contribution in [3.8, 4) is 0 Å². The van der Waals surface area contributed by atoms with E-state index in [0.29, 0.717) is 0 Å². The van der Waals surface area contributed by atoms with E-state index in [0.717, 1.165) is 25.1 Å². The summed E-state index contributed by atoms with van der Waals surface area (Å²) >= 11 is 0. The van der Waals surface area contributed by atoms with Gasteiger partial charge in [-0.15, -0.1) is 0 Å². The van der Waals surface area contributed by atoms with E-state index in [1.54, 1.807) is 0 Å². The van der Waals surface area contributed by atoms with E-state index in [1.807, 2.05) is 0 Å². The van der Waals surface area contributed by atoms with Gasteiger partial charge in [-0.05, 0) is 24.5 Å². The monoisotopic (exact) mass is 729 g/mol. The second kappa shape index (κ2) is 17.6. The number of alkyl halides is 3. The zero-order valence-corrected chi connectivity index (χ0v) is 27.1. The average Bonchev–Trinajstić information content (AvgIpc) is 2.98. The molecule has 1 heterocycles. The highest BCUT2D eigenvalue weighted by Crippen LogP contribution is 2.34. The van der Waals surface area contributed by atoms with Crippen molar-refractivity contribution in [1.82, 2.24) is 21.3 Å². The molecule has 1 aromatic carbocycles. The van der Waals surface area contributed by atoms with Gasteiger partial charge in [0.15, 0.2) is 0 Å². The Hall–Kier alpha value is -6.02. The van der Waals surface area contributed by atoms with Gasteiger partial charge in [-0.2, -0.15) is 13.2 Å². The summed E-state index contributed by atoms with van der Waals surface area (Å²) in [6.45, 7) is 3.85. The Kier molecular flexibility index (Phi) is 14.2. The molecule has 5 amide bonds. The normalized spacial score (nSPS) is 13.6. The Morgan fingerprint density at radius 3 is 1.80 bits per heavy atom. The van der Waals surface area contributed by atoms with Gasteiger partial charge in [-0.1, -0.05) is 13.8 Å². The zero-order chi connectivity index (χ0) is 38.8. The number of rotatable bonds is 17. The predicted molar refractivity (Wildman–Crippen MR) is 166 cm³/mol. The maximum Gasteiger partial charge on any atom is 0.417 e. The van der Waals surface area contributed by atoms with E-state index in [-0.39, 0.29) is 11.8 Å². The predicted octanol–water partition coefficient (Wildman–Crippen LogP) is 0.180. The molecule has 278 valence electrons. The van der Waals surface area contributed by atoms with Gasteiger partial charge in [-0.25, -0.2) is 4.79 Å². The third-order valence-electron chi connectivity index (χ3n) is 6.93. The molecular weight excluding hydrogens is 695 g/mol. The fourth-order valence-electron chi connectivity index (χ4n) is 4.58. The minimum absolute atomic E-state index is 0.243. The van der Waals surface area contributed by atoms with Crippen LogP contribution in [0.25, 0.3) is 11.0 Å². The number of anilines is 1. The van der Waals surface area contributed by atoms with E-state index in [1.165, 1.54) is 13.8 Å². The summed E-state index contributed by atoms with van der Waals surface area (Å²) in [6.07, 6.45) is -8.08. The first-order chi connectivity index (χ1) is 23.6. The number of carboxylic acids is 3. The number of hydrogen-bond acceptors (Lipinski definition) is 10. The summed E-state index contributed by atoms with van der Waals surface area (Å²) in [5.41, 5.74) is -3.45. The van der Waals surface area contributed by atoms with Gasteiger partial charge in [0.05, 0.1) is 18.4 Å². The lowest BCUT2D eigenvalue weighted by molar-refractivity contribution is -0.142. The Balaban J connectivity index is 2.31. The topological polar surface area (TPSA) is 288 Å². The molecule has 0 radical (unpaired) electrons. The molecule has 21 heteroatoms. The van der Waals surface area contributed by atoms with Gasteiger partial charge in [0.25, 0.3) is 0 Å². The first-order valence-corrected chi connectivity index (χ1v) is 14.9. The standard InChI is InChI=1S/C30H34F3N5O13/c1-12(2)25(38-26(47)17(6-7-21(40)41)36-28(49)18(10-22(42)43)34-13(3)39)29(50)37-19(11-23(44)45)27(48)35-14-4-5-15-16(30(31,32)33)9-24(46)51-20(15)8-14/h4-5,8-9,12,17-19,25H,6-7,10-11H2,1-3H3,(H,34,39)(H,35,48)(H,36,49)(H,37,50)(H,38,47)(H,40,41)(H,42,43)(H,44,45)/t17-,18-,19-,25+/m1/s1. The van der Waals surface area contributed by atoms with E-state index >= 15 is 0 Å². The molecule has 18 nitrogen and oxygen atoms in total. The summed E-state index contributed by atoms with van der Waals surface area (Å²) in [4.78, 5) is 110. The summed E-state index contributed by atoms with van der Waals surface area (Å²) in [5.74, 6) is -10.6. The fourth-order valence-corrected chi connectivity index (χ4v) is 4.58. The highest BCUT2D eigenvalue weighted by atomic mass is 19.4. The molecular formula is C30H34F3N5O13. The van der Waals surface area contributed by atoms with Crippen molar-refractivity contribution in [2.24, 2.45) is 5.92 Å². The molecule has 51 heavy (non-hydrogen) atoms. The van der Waals surface area contributed by atoms with Crippen LogP contribution >= 0.6 is 0 Å². The Morgan fingerprint density at radius 2 is 1.29 bits per heavy atom. The van der Waals surface area contributed by atoms with Gasteiger partial charge in [0.2, 0.25) is 29.5 Å². The molecule has 1 aromatic heterocycles. The number of carbonyl (C=O) groups excluding carboxylic acids is 5. The van der Waals surface area contributed by atoms with Crippen LogP contribution in [0.3, 0.4) is 0 Å². The molecule has 0 aliphatic heterocycles. The molecule has 0 bridgehead atoms. The molecule has 0 aliphatic rings. The molecule has 0 fully saturated rings. The molecule has 2 rings (SSSR count). The lowest BCUT2D eigenvalue weighted by Crippen LogP contribution is -2.59. The number of hydrogen-bond donors (Lipinski definition) is 8. The van der Waals surface area contributed by atoms with E-state index in [9.17, 15) is 61.4 Å². The van der Waals surface area contributed by atoms with Gasteiger partial charge in [0.1, 0.15) is 29.8 Å². The van der Waals surface area contributed by atoms with Crippen LogP contribution < -0.4 is 32.2 Å². The Morgan fingerprint density at radius 1 is 0.745 bits per heavy atom. The molecule has 0 saturated carbocycles. The van der Waals surface area contributed by atoms with Crippen LogP contribution in [-0.4, -0.2) is 86.9 Å². The van der Waals surface area contributed by atoms with Crippen molar-refractivity contribution in [2.75, 3.05) is 5.32 Å². The first kappa shape index (κ1) is 41.2. The molecule has 0 saturated heterocycles. The minimum atomic E-state index is -4.92. The number of nitrogens with one attached hydrogen (secondary N) is 5. The largest absolute Gasteiger partial charge is 0.481 e. The van der Waals surface area contributed by atoms with Crippen LogP contribution in [0.15, 0.2) is 33.5 Å². The summed E-state index contributed by atoms with van der Waals surface area (Å²) in [6, 6.07) is -3.73. The van der Waals surface area contributed by atoms with Crippen molar-refractivity contribution >= 4 is 64.1 Å². The summed E-state index contributed by atoms with van der Waals surface area (Å²) in [5, 5.41) is 38.0. The highest BCUT2D eigenvalue weighted by Gasteiger charge is 2.35. The van der Waals surface area contributed by atoms with Crippen molar-refractivity contribution in [2.45, 2.75) is 76.8 Å². The second-order valence-corrected chi connectivity index (χ2v) is 11.4. The molecule has 2 aromatic rings. The van der Waals surface area contributed by atoms with Crippen molar-refractivity contribution in [3.05, 3.63) is 40.2 Å². The SMILES string of the molecule is CC(=O)N[C@H](CC(=O)O)C(=O)N[C@H](CCC(=O)O)C(=O)N[C@H](C(=O)N[C@H](CC(=O)O)C(=O)Nc1ccc2c(C(F)(F)F)cc(=O)oc2c1)C(C)C. The number of aliphatic carboxylic acids is 3. The molecule has 4 atom stereocenters. The van der Waals surface area contributed by atoms with Crippen LogP contribution in [-0.2, 0) is 44.5 Å². The fraction of sp³-hybridized carbons (Fsp3) is 0.433. The molecule has 0 spiro atoms. The van der Waals surface area contributed by atoms with Crippen molar-refractivity contribution < 1.29 is 71.3 Å². The average molecular weight is 730 g/mol. The first-order valence-electron chi connectivity index (χ1n) is 14.9. The van der Waals surface area contributed by atoms with Crippen LogP contribution in [0.1, 0.15) is 52.0 Å². The van der Waals surface area contributed by atoms with Gasteiger partial charge in [-0.3, -0.25) is 38.4 Å². The smallest absolute Gasteiger partial charge is 0.417 e. The molecule has 8 N–H and O–H groups in total. The van der Waals surface area contributed by atoms with E-state index in [4.69, 9.17) is 14.6 Å². The zero-order valence-electron chi connectivity index (χ0n) is 27.1. The molecule has 0 aliphatic carbocycles. The van der Waals surface area contributed by atoms with E-state index in [2.05, 4.69) is 26.6 Å². The maximum atomic E-state index is 13.4. The third kappa shape index (κ3) is 12.7. The van der Waals surface area contributed by atoms with E-state index < -0.39 is 132 Å². The van der Waals surface area contributed by atoms with Crippen LogP contribution in [0.5, 0.6) is 0 Å². The quantitative estimate of drug-likeness (QED) is 0.101. The Labute approximate surface area is 285 Å². The lowest BCUT2D eigenvalue weighted by Gasteiger charge is -2.27. The number of benzene rings is 1. The minimum Gasteiger partial charge on any atom is -0.481 e. The summed E-state index contributed by atoms with van der Waals surface area (Å²) in [7, 11) is 0. The van der Waals surface area contributed by atoms with Crippen LogP contribution in [0.2, 0.25) is 0 Å². The number of fused-ring (bicyclic) bond motifs is 1. The number of carbonyl (C=O) groups is 8. The summed E-state index contributed by atoms with van der Waals surface area (Å²) < 4.78 is 45.0. The van der Waals surface area contributed by atoms with Crippen LogP contribution in [0, 0.1) is 5.92 Å². The van der Waals surface area contributed by atoms with Crippen LogP contribution in [0.4, 0.5) is 18.9 Å². The van der Waals surface area contributed by atoms with Gasteiger partial charge in [0, 0.05) is 36.6 Å². The highest BCUT2D eigenvalue weighted by molar-refractivity contribution is 6.01.